The third-order valence-corrected chi connectivity index (χ3v) is 8.09. The Morgan fingerprint density at radius 1 is 0.619 bits per heavy atom. The molecule has 0 spiro atoms. The lowest BCUT2D eigenvalue weighted by Crippen LogP contribution is -2.73. The van der Waals surface area contributed by atoms with Crippen LogP contribution in [0.1, 0.15) is 41.0 Å². The van der Waals surface area contributed by atoms with E-state index in [0.29, 0.717) is 13.1 Å². The first kappa shape index (κ1) is 27.5. The van der Waals surface area contributed by atoms with Crippen molar-refractivity contribution in [1.82, 2.24) is 14.9 Å². The van der Waals surface area contributed by atoms with Gasteiger partial charge in [0.1, 0.15) is 19.4 Å². The van der Waals surface area contributed by atoms with Crippen molar-refractivity contribution in [1.29, 1.82) is 0 Å². The average molecular weight is 562 g/mol. The van der Waals surface area contributed by atoms with E-state index in [2.05, 4.69) is 53.4 Å². The number of piperidine rings is 1. The quantitative estimate of drug-likeness (QED) is 0.236. The van der Waals surface area contributed by atoms with Gasteiger partial charge in [0.25, 0.3) is 0 Å². The molecule has 3 heterocycles. The van der Waals surface area contributed by atoms with E-state index < -0.39 is 12.2 Å². The van der Waals surface area contributed by atoms with Crippen molar-refractivity contribution in [2.24, 2.45) is 0 Å². The third-order valence-electron chi connectivity index (χ3n) is 8.09. The fourth-order valence-corrected chi connectivity index (χ4v) is 6.03. The van der Waals surface area contributed by atoms with Crippen molar-refractivity contribution < 1.29 is 19.1 Å². The SMILES string of the molecule is O=C(OCc1ccccc1)N1C2CCC(N(CC(c3ccccc3)c3ccccc3)C2)N1C(=O)OCc1ccccc1. The molecule has 4 aromatic carbocycles. The lowest BCUT2D eigenvalue weighted by atomic mass is 9.89. The molecule has 0 aromatic heterocycles. The molecule has 42 heavy (non-hydrogen) atoms. The van der Waals surface area contributed by atoms with Gasteiger partial charge in [-0.05, 0) is 35.1 Å². The van der Waals surface area contributed by atoms with Crippen molar-refractivity contribution in [2.75, 3.05) is 13.1 Å². The number of hydrogen-bond donors (Lipinski definition) is 0. The molecule has 4 aromatic rings. The number of carbonyl (C=O) groups excluding carboxylic acids is 2. The van der Waals surface area contributed by atoms with Gasteiger partial charge in [-0.15, -0.1) is 0 Å². The zero-order valence-electron chi connectivity index (χ0n) is 23.5. The molecule has 2 bridgehead atoms. The minimum Gasteiger partial charge on any atom is -0.443 e. The minimum atomic E-state index is -0.550. The predicted octanol–water partition coefficient (Wildman–Crippen LogP) is 6.82. The predicted molar refractivity (Wildman–Crippen MR) is 160 cm³/mol. The number of ether oxygens (including phenoxy) is 2. The van der Waals surface area contributed by atoms with Crippen LogP contribution in [-0.2, 0) is 22.7 Å². The minimum absolute atomic E-state index is 0.104. The van der Waals surface area contributed by atoms with Crippen LogP contribution in [0.3, 0.4) is 0 Å². The summed E-state index contributed by atoms with van der Waals surface area (Å²) in [5.74, 6) is 0.104. The van der Waals surface area contributed by atoms with Gasteiger partial charge in [-0.3, -0.25) is 4.90 Å². The third kappa shape index (κ3) is 6.16. The topological polar surface area (TPSA) is 62.3 Å². The molecule has 3 aliphatic rings. The molecule has 3 saturated heterocycles. The summed E-state index contributed by atoms with van der Waals surface area (Å²) >= 11 is 0. The smallest absolute Gasteiger partial charge is 0.430 e. The van der Waals surface area contributed by atoms with E-state index in [1.54, 1.807) is 0 Å². The van der Waals surface area contributed by atoms with Gasteiger partial charge in [0.15, 0.2) is 0 Å². The zero-order chi connectivity index (χ0) is 28.7. The largest absolute Gasteiger partial charge is 0.443 e. The molecule has 0 aliphatic carbocycles. The molecule has 0 radical (unpaired) electrons. The molecular weight excluding hydrogens is 526 g/mol. The maximum Gasteiger partial charge on any atom is 0.430 e. The van der Waals surface area contributed by atoms with Crippen molar-refractivity contribution in [3.8, 4) is 0 Å². The van der Waals surface area contributed by atoms with Crippen LogP contribution < -0.4 is 0 Å². The number of amides is 2. The number of nitrogens with zero attached hydrogens (tertiary/aromatic N) is 3. The summed E-state index contributed by atoms with van der Waals surface area (Å²) < 4.78 is 11.5. The van der Waals surface area contributed by atoms with Crippen molar-refractivity contribution in [2.45, 2.75) is 44.2 Å². The highest BCUT2D eigenvalue weighted by Crippen LogP contribution is 2.37. The Bertz CT molecular complexity index is 1410. The van der Waals surface area contributed by atoms with Crippen LogP contribution in [0, 0.1) is 0 Å². The van der Waals surface area contributed by atoms with Crippen LogP contribution in [0.25, 0.3) is 0 Å². The Morgan fingerprint density at radius 3 is 1.57 bits per heavy atom. The summed E-state index contributed by atoms with van der Waals surface area (Å²) in [6.45, 7) is 1.60. The van der Waals surface area contributed by atoms with Crippen LogP contribution >= 0.6 is 0 Å². The van der Waals surface area contributed by atoms with Gasteiger partial charge in [-0.25, -0.2) is 14.6 Å². The number of carbonyl (C=O) groups is 2. The Kier molecular flexibility index (Phi) is 8.47. The number of hydrazine groups is 1. The maximum absolute atomic E-state index is 13.7. The monoisotopic (exact) mass is 561 g/mol. The molecular formula is C35H35N3O4. The summed E-state index contributed by atoms with van der Waals surface area (Å²) in [6.07, 6.45) is 0.103. The van der Waals surface area contributed by atoms with E-state index in [0.717, 1.165) is 24.0 Å². The summed E-state index contributed by atoms with van der Waals surface area (Å²) in [5.41, 5.74) is 4.20. The van der Waals surface area contributed by atoms with Crippen LogP contribution in [0.4, 0.5) is 9.59 Å². The summed E-state index contributed by atoms with van der Waals surface area (Å²) in [4.78, 5) is 29.6. The highest BCUT2D eigenvalue weighted by atomic mass is 16.6. The van der Waals surface area contributed by atoms with Gasteiger partial charge >= 0.3 is 12.2 Å². The Morgan fingerprint density at radius 2 is 1.07 bits per heavy atom. The second-order valence-corrected chi connectivity index (χ2v) is 10.8. The van der Waals surface area contributed by atoms with E-state index in [1.165, 1.54) is 21.1 Å². The molecule has 7 nitrogen and oxygen atoms in total. The highest BCUT2D eigenvalue weighted by Gasteiger charge is 2.51. The number of fused-ring (bicyclic) bond motifs is 3. The fourth-order valence-electron chi connectivity index (χ4n) is 6.03. The number of rotatable bonds is 8. The van der Waals surface area contributed by atoms with E-state index in [-0.39, 0.29) is 31.3 Å². The van der Waals surface area contributed by atoms with Gasteiger partial charge in [0, 0.05) is 19.0 Å². The lowest BCUT2D eigenvalue weighted by Gasteiger charge is -2.56. The number of benzene rings is 4. The lowest BCUT2D eigenvalue weighted by molar-refractivity contribution is -0.180. The first-order valence-electron chi connectivity index (χ1n) is 14.5. The first-order chi connectivity index (χ1) is 20.7. The maximum atomic E-state index is 13.7. The second-order valence-electron chi connectivity index (χ2n) is 10.8. The van der Waals surface area contributed by atoms with E-state index in [9.17, 15) is 9.59 Å². The van der Waals surface area contributed by atoms with Gasteiger partial charge in [-0.2, -0.15) is 5.01 Å². The van der Waals surface area contributed by atoms with E-state index >= 15 is 0 Å². The van der Waals surface area contributed by atoms with E-state index in [4.69, 9.17) is 9.47 Å². The fraction of sp³-hybridized carbons (Fsp3) is 0.257. The molecule has 2 atom stereocenters. The summed E-state index contributed by atoms with van der Waals surface area (Å²) in [5, 5.41) is 3.00. The summed E-state index contributed by atoms with van der Waals surface area (Å²) in [6, 6.07) is 39.8. The van der Waals surface area contributed by atoms with E-state index in [1.807, 2.05) is 72.8 Å². The molecule has 0 N–H and O–H groups in total. The normalized spacial score (nSPS) is 18.2. The summed E-state index contributed by atoms with van der Waals surface area (Å²) in [7, 11) is 0. The molecule has 214 valence electrons. The highest BCUT2D eigenvalue weighted by molar-refractivity contribution is 5.75. The zero-order valence-corrected chi connectivity index (χ0v) is 23.5. The molecule has 3 fully saturated rings. The second kappa shape index (κ2) is 12.9. The van der Waals surface area contributed by atoms with Crippen molar-refractivity contribution >= 4 is 12.2 Å². The number of hydrogen-bond acceptors (Lipinski definition) is 5. The van der Waals surface area contributed by atoms with Gasteiger partial charge in [0.2, 0.25) is 0 Å². The average Bonchev–Trinajstić information content (AvgIpc) is 3.06. The Hall–Kier alpha value is -4.62. The van der Waals surface area contributed by atoms with Gasteiger partial charge in [-0.1, -0.05) is 121 Å². The van der Waals surface area contributed by atoms with Crippen LogP contribution in [-0.4, -0.2) is 52.4 Å². The first-order valence-corrected chi connectivity index (χ1v) is 14.5. The molecule has 7 heteroatoms. The van der Waals surface area contributed by atoms with Crippen LogP contribution in [0.2, 0.25) is 0 Å². The standard InChI is InChI=1S/C35H35N3O4/c39-34(41-25-27-13-5-1-6-14-27)37-31-21-22-33(38(37)35(40)42-26-28-15-7-2-8-16-28)36(23-31)24-32(29-17-9-3-10-18-29)30-19-11-4-12-20-30/h1-20,31-33H,21-26H2. The molecule has 3 aliphatic heterocycles. The van der Waals surface area contributed by atoms with Gasteiger partial charge < -0.3 is 9.47 Å². The Balaban J connectivity index is 1.26. The van der Waals surface area contributed by atoms with Crippen LogP contribution in [0.15, 0.2) is 121 Å². The van der Waals surface area contributed by atoms with Crippen LogP contribution in [0.5, 0.6) is 0 Å². The molecule has 0 saturated carbocycles. The van der Waals surface area contributed by atoms with Gasteiger partial charge in [0.05, 0.1) is 6.04 Å². The van der Waals surface area contributed by atoms with Crippen molar-refractivity contribution in [3.05, 3.63) is 144 Å². The Labute approximate surface area is 246 Å². The molecule has 2 unspecified atom stereocenters. The molecule has 2 amide bonds. The van der Waals surface area contributed by atoms with Crippen molar-refractivity contribution in [3.63, 3.8) is 0 Å². The molecule has 7 rings (SSSR count).